The van der Waals surface area contributed by atoms with E-state index in [-0.39, 0.29) is 25.3 Å². The highest BCUT2D eigenvalue weighted by atomic mass is 32.2. The fraction of sp³-hybridized carbons (Fsp3) is 0.455. The van der Waals surface area contributed by atoms with Gasteiger partial charge in [0.05, 0.1) is 17.9 Å². The van der Waals surface area contributed by atoms with Crippen LogP contribution >= 0.6 is 0 Å². The van der Waals surface area contributed by atoms with Gasteiger partial charge < -0.3 is 10.5 Å². The molecule has 0 aliphatic carbocycles. The van der Waals surface area contributed by atoms with Gasteiger partial charge in [0.15, 0.2) is 0 Å². The number of methoxy groups -OCH3 is 1. The Morgan fingerprint density at radius 2 is 2.00 bits per heavy atom. The average molecular weight is 327 g/mol. The van der Waals surface area contributed by atoms with Crippen molar-refractivity contribution in [3.63, 3.8) is 0 Å². The number of nitrogens with one attached hydrogen (secondary N) is 2. The van der Waals surface area contributed by atoms with Crippen LogP contribution < -0.4 is 15.2 Å². The number of rotatable bonds is 7. The van der Waals surface area contributed by atoms with Crippen LogP contribution in [0.25, 0.3) is 0 Å². The Morgan fingerprint density at radius 3 is 2.52 bits per heavy atom. The van der Waals surface area contributed by atoms with E-state index in [1.54, 1.807) is 0 Å². The number of alkyl halides is 3. The van der Waals surface area contributed by atoms with Crippen molar-refractivity contribution >= 4 is 15.9 Å². The first-order valence-corrected chi connectivity index (χ1v) is 7.34. The fourth-order valence-electron chi connectivity index (χ4n) is 1.50. The van der Waals surface area contributed by atoms with Gasteiger partial charge in [-0.15, -0.1) is 0 Å². The molecule has 0 bridgehead atoms. The van der Waals surface area contributed by atoms with Gasteiger partial charge in [0.25, 0.3) is 10.2 Å². The van der Waals surface area contributed by atoms with E-state index >= 15 is 0 Å². The Balaban J connectivity index is 3.02. The minimum absolute atomic E-state index is 0.0614. The van der Waals surface area contributed by atoms with Crippen molar-refractivity contribution in [2.24, 2.45) is 5.73 Å². The summed E-state index contributed by atoms with van der Waals surface area (Å²) < 4.78 is 70.6. The molecule has 0 aliphatic heterocycles. The topological polar surface area (TPSA) is 93.4 Å². The molecule has 0 heterocycles. The number of ether oxygens (including phenoxy) is 1. The zero-order valence-corrected chi connectivity index (χ0v) is 12.0. The quantitative estimate of drug-likeness (QED) is 0.653. The highest BCUT2D eigenvalue weighted by Crippen LogP contribution is 2.35. The van der Waals surface area contributed by atoms with Gasteiger partial charge in [0.2, 0.25) is 0 Å². The van der Waals surface area contributed by atoms with Crippen LogP contribution in [0, 0.1) is 0 Å². The lowest BCUT2D eigenvalue weighted by Crippen LogP contribution is -2.33. The maximum atomic E-state index is 12.9. The van der Waals surface area contributed by atoms with Crippen LogP contribution in [-0.4, -0.2) is 28.7 Å². The van der Waals surface area contributed by atoms with Gasteiger partial charge >= 0.3 is 6.18 Å². The maximum Gasteiger partial charge on any atom is 0.418 e. The molecular formula is C11H16F3N3O3S. The highest BCUT2D eigenvalue weighted by Gasteiger charge is 2.34. The summed E-state index contributed by atoms with van der Waals surface area (Å²) in [6, 6.07) is 3.16. The first kappa shape index (κ1) is 17.7. The summed E-state index contributed by atoms with van der Waals surface area (Å²) in [6.45, 7) is -0.0462. The molecule has 0 atom stereocenters. The molecule has 1 rings (SSSR count). The number of hydrogen-bond donors (Lipinski definition) is 3. The lowest BCUT2D eigenvalue weighted by Gasteiger charge is -2.16. The van der Waals surface area contributed by atoms with Crippen molar-refractivity contribution in [3.8, 4) is 0 Å². The molecule has 21 heavy (non-hydrogen) atoms. The number of nitrogens with two attached hydrogens (primary N) is 1. The summed E-state index contributed by atoms with van der Waals surface area (Å²) in [4.78, 5) is 0. The predicted octanol–water partition coefficient (Wildman–Crippen LogP) is 1.06. The summed E-state index contributed by atoms with van der Waals surface area (Å²) in [5.74, 6) is 0. The molecular weight excluding hydrogens is 311 g/mol. The monoisotopic (exact) mass is 327 g/mol. The summed E-state index contributed by atoms with van der Waals surface area (Å²) in [6.07, 6.45) is -4.70. The third-order valence-electron chi connectivity index (χ3n) is 2.47. The molecule has 0 aromatic heterocycles. The van der Waals surface area contributed by atoms with Gasteiger partial charge in [0.1, 0.15) is 0 Å². The molecule has 0 amide bonds. The number of hydrogen-bond acceptors (Lipinski definition) is 4. The molecule has 120 valence electrons. The number of benzene rings is 1. The lowest BCUT2D eigenvalue weighted by molar-refractivity contribution is -0.136. The van der Waals surface area contributed by atoms with Crippen molar-refractivity contribution < 1.29 is 26.3 Å². The third-order valence-corrected chi connectivity index (χ3v) is 3.54. The molecule has 0 saturated carbocycles. The largest absolute Gasteiger partial charge is 0.418 e. The van der Waals surface area contributed by atoms with Crippen LogP contribution in [0.15, 0.2) is 18.2 Å². The van der Waals surface area contributed by atoms with E-state index in [1.807, 2.05) is 4.72 Å². The van der Waals surface area contributed by atoms with Crippen LogP contribution in [0.5, 0.6) is 0 Å². The van der Waals surface area contributed by atoms with Crippen LogP contribution in [0.3, 0.4) is 0 Å². The maximum absolute atomic E-state index is 12.9. The molecule has 0 spiro atoms. The third kappa shape index (κ3) is 5.50. The molecule has 0 fully saturated rings. The smallest absolute Gasteiger partial charge is 0.383 e. The molecule has 0 saturated heterocycles. The number of halogens is 3. The Labute approximate surface area is 120 Å². The molecule has 0 radical (unpaired) electrons. The SMILES string of the molecule is COCCNS(=O)(=O)Nc1ccc(CN)cc1C(F)(F)F. The van der Waals surface area contributed by atoms with E-state index in [1.165, 1.54) is 13.2 Å². The van der Waals surface area contributed by atoms with Gasteiger partial charge in [-0.3, -0.25) is 4.72 Å². The van der Waals surface area contributed by atoms with Crippen LogP contribution in [0.1, 0.15) is 11.1 Å². The Kier molecular flexibility index (Phi) is 5.96. The normalized spacial score (nSPS) is 12.4. The summed E-state index contributed by atoms with van der Waals surface area (Å²) in [5, 5.41) is 0. The second-order valence-electron chi connectivity index (χ2n) is 4.07. The molecule has 4 N–H and O–H groups in total. The van der Waals surface area contributed by atoms with Crippen molar-refractivity contribution in [2.75, 3.05) is 25.0 Å². The minimum atomic E-state index is -4.70. The summed E-state index contributed by atoms with van der Waals surface area (Å²) in [5.41, 5.74) is 3.88. The van der Waals surface area contributed by atoms with Crippen molar-refractivity contribution in [3.05, 3.63) is 29.3 Å². The first-order valence-electron chi connectivity index (χ1n) is 5.86. The number of anilines is 1. The first-order chi connectivity index (χ1) is 9.69. The minimum Gasteiger partial charge on any atom is -0.383 e. The van der Waals surface area contributed by atoms with E-state index < -0.39 is 27.6 Å². The average Bonchev–Trinajstić information content (AvgIpc) is 2.37. The second-order valence-corrected chi connectivity index (χ2v) is 5.57. The predicted molar refractivity (Wildman–Crippen MR) is 71.8 cm³/mol. The van der Waals surface area contributed by atoms with Crippen LogP contribution in [0.4, 0.5) is 18.9 Å². The van der Waals surface area contributed by atoms with Crippen molar-refractivity contribution in [1.29, 1.82) is 0 Å². The Hall–Kier alpha value is -1.36. The molecule has 6 nitrogen and oxygen atoms in total. The van der Waals surface area contributed by atoms with E-state index in [0.29, 0.717) is 0 Å². The van der Waals surface area contributed by atoms with Gasteiger partial charge in [-0.1, -0.05) is 6.07 Å². The Morgan fingerprint density at radius 1 is 1.33 bits per heavy atom. The zero-order chi connectivity index (χ0) is 16.1. The van der Waals surface area contributed by atoms with Crippen LogP contribution in [0.2, 0.25) is 0 Å². The lowest BCUT2D eigenvalue weighted by atomic mass is 10.1. The molecule has 0 unspecified atom stereocenters. The van der Waals surface area contributed by atoms with Crippen molar-refractivity contribution in [2.45, 2.75) is 12.7 Å². The Bertz CT molecular complexity index is 576. The van der Waals surface area contributed by atoms with Gasteiger partial charge in [-0.25, -0.2) is 0 Å². The van der Waals surface area contributed by atoms with Gasteiger partial charge in [0, 0.05) is 20.2 Å². The van der Waals surface area contributed by atoms with Gasteiger partial charge in [-0.2, -0.15) is 26.3 Å². The van der Waals surface area contributed by atoms with E-state index in [9.17, 15) is 21.6 Å². The molecule has 1 aromatic carbocycles. The second kappa shape index (κ2) is 7.07. The van der Waals surface area contributed by atoms with E-state index in [2.05, 4.69) is 9.46 Å². The fourth-order valence-corrected chi connectivity index (χ4v) is 2.39. The summed E-state index contributed by atoms with van der Waals surface area (Å²) in [7, 11) is -2.75. The van der Waals surface area contributed by atoms with E-state index in [0.717, 1.165) is 12.1 Å². The standard InChI is InChI=1S/C11H16F3N3O3S/c1-20-5-4-16-21(18,19)17-10-3-2-8(7-15)6-9(10)11(12,13)14/h2-3,6,16-17H,4-5,7,15H2,1H3. The van der Waals surface area contributed by atoms with E-state index in [4.69, 9.17) is 5.73 Å². The molecule has 10 heteroatoms. The van der Waals surface area contributed by atoms with Gasteiger partial charge in [-0.05, 0) is 17.7 Å². The van der Waals surface area contributed by atoms with Crippen LogP contribution in [-0.2, 0) is 27.7 Å². The van der Waals surface area contributed by atoms with Crippen molar-refractivity contribution in [1.82, 2.24) is 4.72 Å². The molecule has 0 aliphatic rings. The highest BCUT2D eigenvalue weighted by molar-refractivity contribution is 7.90. The summed E-state index contributed by atoms with van der Waals surface area (Å²) >= 11 is 0. The zero-order valence-electron chi connectivity index (χ0n) is 11.2. The molecule has 1 aromatic rings.